The first-order chi connectivity index (χ1) is 40.9. The number of aliphatic hydroxyl groups is 1. The molecule has 19 nitrogen and oxygen atoms in total. The molecule has 2 unspecified atom stereocenters. The van der Waals surface area contributed by atoms with E-state index in [4.69, 9.17) is 14.0 Å². The standard InChI is InChI=1S/C68H105BN6O13/c1-21-43(9)50-38-53(76)47-31-32-75(39-47)63(82)52(36-46-29-26-30-49(34-46)69-87-67(13,14)68(15,16)88-69)71(17)62(81)51(35-45-27-24-23-25-28-45)70-59(78)56(42(7)8)73(19)64(83)57(44(10)22-2)86-65(84)58(66(11,12)85)74(20)60(79)48(33-40(3)4)37-54(77)55(41(5)6)72(18)61(50)80/h23-30,34,40-44,47-48,50-52,55-58,85H,21-22,31-33,35-39H2,1-20H3,(H,70,78)/t43?,44?,47-,48-,50+,51+,52+,55+,56+,57-,58-/m1/s1. The summed E-state index contributed by atoms with van der Waals surface area (Å²) in [6.45, 7) is 29.0. The summed E-state index contributed by atoms with van der Waals surface area (Å²) in [5.74, 6) is -9.78. The van der Waals surface area contributed by atoms with E-state index in [1.54, 1.807) is 39.6 Å². The van der Waals surface area contributed by atoms with Gasteiger partial charge in [-0.1, -0.05) is 130 Å². The van der Waals surface area contributed by atoms with Gasteiger partial charge in [0.05, 0.1) is 22.8 Å². The van der Waals surface area contributed by atoms with Gasteiger partial charge in [-0.2, -0.15) is 0 Å². The van der Waals surface area contributed by atoms with Gasteiger partial charge in [0.15, 0.2) is 17.9 Å². The number of carbonyl (C=O) groups excluding carboxylic acids is 9. The number of likely N-dealkylation sites (N-methyl/N-ethyl adjacent to an activating group) is 4. The Bertz CT molecular complexity index is 2780. The third-order valence-electron chi connectivity index (χ3n) is 19.1. The van der Waals surface area contributed by atoms with Crippen molar-refractivity contribution in [2.24, 2.45) is 47.3 Å². The number of cyclic esters (lactones) is 1. The minimum atomic E-state index is -1.95. The summed E-state index contributed by atoms with van der Waals surface area (Å²) in [5, 5.41) is 14.8. The maximum absolute atomic E-state index is 15.6. The zero-order valence-corrected chi connectivity index (χ0v) is 56.5. The van der Waals surface area contributed by atoms with Crippen molar-refractivity contribution in [3.63, 3.8) is 0 Å². The molecule has 20 heteroatoms. The monoisotopic (exact) mass is 1220 g/mol. The Kier molecular flexibility index (Phi) is 25.0. The molecule has 3 aliphatic heterocycles. The van der Waals surface area contributed by atoms with Gasteiger partial charge in [-0.3, -0.25) is 38.4 Å². The molecule has 5 rings (SSSR count). The number of nitrogens with one attached hydrogen (secondary N) is 1. The fourth-order valence-electron chi connectivity index (χ4n) is 12.8. The van der Waals surface area contributed by atoms with Gasteiger partial charge >= 0.3 is 13.1 Å². The van der Waals surface area contributed by atoms with E-state index < -0.39 is 143 Å². The Hall–Kier alpha value is -5.99. The summed E-state index contributed by atoms with van der Waals surface area (Å²) in [6.07, 6.45) is -0.601. The number of nitrogens with zero attached hydrogens (tertiary/aromatic N) is 5. The molecule has 488 valence electrons. The van der Waals surface area contributed by atoms with Crippen molar-refractivity contribution in [2.75, 3.05) is 41.3 Å². The quantitative estimate of drug-likeness (QED) is 0.148. The lowest BCUT2D eigenvalue weighted by molar-refractivity contribution is -0.178. The maximum atomic E-state index is 15.6. The van der Waals surface area contributed by atoms with Gasteiger partial charge < -0.3 is 49.0 Å². The van der Waals surface area contributed by atoms with Gasteiger partial charge in [-0.15, -0.1) is 0 Å². The summed E-state index contributed by atoms with van der Waals surface area (Å²) in [4.78, 5) is 142. The molecule has 3 saturated heterocycles. The summed E-state index contributed by atoms with van der Waals surface area (Å²) >= 11 is 0. The molecule has 3 heterocycles. The molecular weight excluding hydrogens is 1120 g/mol. The maximum Gasteiger partial charge on any atom is 0.494 e. The van der Waals surface area contributed by atoms with Gasteiger partial charge in [0.25, 0.3) is 5.91 Å². The molecule has 0 aromatic heterocycles. The first kappa shape index (κ1) is 72.8. The first-order valence-corrected chi connectivity index (χ1v) is 32.0. The van der Waals surface area contributed by atoms with Crippen LogP contribution in [0.1, 0.15) is 160 Å². The smallest absolute Gasteiger partial charge is 0.450 e. The number of carbonyl (C=O) groups is 9. The number of ketones is 2. The highest BCUT2D eigenvalue weighted by molar-refractivity contribution is 6.62. The fraction of sp³-hybridized carbons (Fsp3) is 0.691. The van der Waals surface area contributed by atoms with Gasteiger partial charge in [-0.05, 0) is 101 Å². The van der Waals surface area contributed by atoms with E-state index in [2.05, 4.69) is 5.32 Å². The Morgan fingerprint density at radius 3 is 1.76 bits per heavy atom. The van der Waals surface area contributed by atoms with Crippen LogP contribution in [0.15, 0.2) is 54.6 Å². The van der Waals surface area contributed by atoms with Crippen LogP contribution in [-0.4, -0.2) is 184 Å². The van der Waals surface area contributed by atoms with Crippen molar-refractivity contribution in [3.8, 4) is 0 Å². The highest BCUT2D eigenvalue weighted by atomic mass is 16.7. The third kappa shape index (κ3) is 17.3. The summed E-state index contributed by atoms with van der Waals surface area (Å²) in [5.41, 5.74) is -1.15. The summed E-state index contributed by atoms with van der Waals surface area (Å²) < 4.78 is 19.0. The number of hydrogen-bond acceptors (Lipinski definition) is 13. The van der Waals surface area contributed by atoms with Crippen LogP contribution in [0.25, 0.3) is 0 Å². The van der Waals surface area contributed by atoms with Crippen molar-refractivity contribution in [2.45, 2.75) is 215 Å². The van der Waals surface area contributed by atoms with Crippen molar-refractivity contribution in [3.05, 3.63) is 65.7 Å². The molecule has 0 aliphatic carbocycles. The van der Waals surface area contributed by atoms with Crippen molar-refractivity contribution < 1.29 is 62.3 Å². The van der Waals surface area contributed by atoms with Crippen LogP contribution in [0.5, 0.6) is 0 Å². The second-order valence-electron chi connectivity index (χ2n) is 28.2. The van der Waals surface area contributed by atoms with E-state index in [1.807, 2.05) is 124 Å². The molecule has 3 fully saturated rings. The summed E-state index contributed by atoms with van der Waals surface area (Å²) in [6, 6.07) is 10.1. The first-order valence-electron chi connectivity index (χ1n) is 32.0. The Morgan fingerprint density at radius 2 is 1.22 bits per heavy atom. The molecule has 2 bridgehead atoms. The predicted molar refractivity (Wildman–Crippen MR) is 339 cm³/mol. The molecule has 11 atom stereocenters. The molecule has 0 saturated carbocycles. The lowest BCUT2D eigenvalue weighted by Crippen LogP contribution is -2.61. The lowest BCUT2D eigenvalue weighted by Gasteiger charge is -2.39. The molecule has 2 aromatic carbocycles. The number of esters is 1. The van der Waals surface area contributed by atoms with Crippen molar-refractivity contribution >= 4 is 65.6 Å². The Morgan fingerprint density at radius 1 is 0.648 bits per heavy atom. The molecule has 88 heavy (non-hydrogen) atoms. The summed E-state index contributed by atoms with van der Waals surface area (Å²) in [7, 11) is 5.13. The van der Waals surface area contributed by atoms with E-state index in [-0.39, 0.29) is 62.8 Å². The van der Waals surface area contributed by atoms with E-state index in [0.29, 0.717) is 35.9 Å². The van der Waals surface area contributed by atoms with Gasteiger partial charge in [0, 0.05) is 90.6 Å². The number of benzene rings is 2. The Labute approximate surface area is 525 Å². The number of rotatable bonds is 14. The van der Waals surface area contributed by atoms with Crippen molar-refractivity contribution in [1.82, 2.24) is 29.8 Å². The van der Waals surface area contributed by atoms with Gasteiger partial charge in [0.2, 0.25) is 29.5 Å². The number of hydrogen-bond donors (Lipinski definition) is 2. The number of ether oxygens (including phenoxy) is 1. The normalized spacial score (nSPS) is 27.4. The largest absolute Gasteiger partial charge is 0.494 e. The van der Waals surface area contributed by atoms with Crippen LogP contribution in [-0.2, 0) is 70.0 Å². The second-order valence-corrected chi connectivity index (χ2v) is 28.2. The highest BCUT2D eigenvalue weighted by Gasteiger charge is 2.52. The van der Waals surface area contributed by atoms with Crippen LogP contribution in [0.2, 0.25) is 0 Å². The zero-order chi connectivity index (χ0) is 66.2. The molecule has 6 amide bonds. The van der Waals surface area contributed by atoms with E-state index >= 15 is 19.2 Å². The second kappa shape index (κ2) is 30.2. The third-order valence-corrected chi connectivity index (χ3v) is 19.1. The highest BCUT2D eigenvalue weighted by Crippen LogP contribution is 2.37. The van der Waals surface area contributed by atoms with Crippen LogP contribution in [0.3, 0.4) is 0 Å². The number of Topliss-reactive ketones (excluding diaryl/α,β-unsaturated/α-hetero) is 2. The zero-order valence-electron chi connectivity index (χ0n) is 56.5. The van der Waals surface area contributed by atoms with Crippen LogP contribution < -0.4 is 10.8 Å². The average Bonchev–Trinajstić information content (AvgIpc) is 3.14. The van der Waals surface area contributed by atoms with Crippen molar-refractivity contribution in [1.29, 1.82) is 0 Å². The Balaban J connectivity index is 1.69. The molecule has 0 radical (unpaired) electrons. The fourth-order valence-corrected chi connectivity index (χ4v) is 12.8. The molecule has 2 N–H and O–H groups in total. The van der Waals surface area contributed by atoms with Crippen LogP contribution >= 0.6 is 0 Å². The molecular formula is C68H105BN6O13. The average molecular weight is 1230 g/mol. The van der Waals surface area contributed by atoms with E-state index in [0.717, 1.165) is 4.90 Å². The molecule has 0 spiro atoms. The van der Waals surface area contributed by atoms with E-state index in [1.165, 1.54) is 49.7 Å². The molecule has 2 aromatic rings. The van der Waals surface area contributed by atoms with Gasteiger partial charge in [0.1, 0.15) is 23.9 Å². The van der Waals surface area contributed by atoms with E-state index in [9.17, 15) is 29.1 Å². The minimum absolute atomic E-state index is 0.0100. The topological polar surface area (TPSA) is 230 Å². The predicted octanol–water partition coefficient (Wildman–Crippen LogP) is 6.71. The SMILES string of the molecule is CCC(C)[C@@H]1CC(=O)[C@@H]2CCN(C2)C(=O)[C@H](Cc2cccc(B3OC(C)(C)C(C)(C)O3)c2)N(C)C(=O)[C@H](Cc2ccccc2)NC(=O)[C@H](C(C)C)N(C)C(=O)[C@@H](C(C)CC)OC(=O)[C@H](C(C)(C)O)N(C)C(=O)[C@H](CC(C)C)CC(=O)[C@H](C(C)C)N(C)C1=O. The number of amides is 6. The van der Waals surface area contributed by atoms with Gasteiger partial charge in [-0.25, -0.2) is 4.79 Å². The lowest BCUT2D eigenvalue weighted by atomic mass is 9.78. The number of fused-ring (bicyclic) bond motifs is 2. The van der Waals surface area contributed by atoms with Crippen LogP contribution in [0.4, 0.5) is 0 Å². The minimum Gasteiger partial charge on any atom is -0.450 e. The molecule has 3 aliphatic rings. The van der Waals surface area contributed by atoms with Crippen LogP contribution in [0, 0.1) is 47.3 Å².